The van der Waals surface area contributed by atoms with Crippen molar-refractivity contribution < 1.29 is 18.4 Å². The second-order valence-corrected chi connectivity index (χ2v) is 14.4. The molecule has 2 saturated heterocycles. The number of hydrogen-bond acceptors (Lipinski definition) is 7. The molecular weight excluding hydrogens is 638 g/mol. The van der Waals surface area contributed by atoms with Crippen molar-refractivity contribution in [2.24, 2.45) is 5.92 Å². The van der Waals surface area contributed by atoms with Crippen molar-refractivity contribution in [1.82, 2.24) is 30.5 Å². The lowest BCUT2D eigenvalue weighted by Gasteiger charge is -2.39. The van der Waals surface area contributed by atoms with Gasteiger partial charge in [0, 0.05) is 100 Å². The highest BCUT2D eigenvalue weighted by Crippen LogP contribution is 2.39. The Morgan fingerprint density at radius 1 is 1.06 bits per heavy atom. The maximum absolute atomic E-state index is 14.5. The number of likely N-dealkylation sites (tertiary alicyclic amines) is 2. The lowest BCUT2D eigenvalue weighted by molar-refractivity contribution is -0.132. The molecule has 0 aliphatic carbocycles. The summed E-state index contributed by atoms with van der Waals surface area (Å²) in [7, 11) is 1.85. The zero-order valence-electron chi connectivity index (χ0n) is 29.6. The molecule has 0 bridgehead atoms. The van der Waals surface area contributed by atoms with Gasteiger partial charge in [0.2, 0.25) is 11.8 Å². The monoisotopic (exact) mass is 690 g/mol. The number of anilines is 1. The topological polar surface area (TPSA) is 98.2 Å². The van der Waals surface area contributed by atoms with Crippen LogP contribution in [-0.2, 0) is 16.0 Å². The van der Waals surface area contributed by atoms with Gasteiger partial charge >= 0.3 is 0 Å². The highest BCUT2D eigenvalue weighted by molar-refractivity contribution is 6.09. The minimum absolute atomic E-state index is 0.0286. The van der Waals surface area contributed by atoms with Crippen LogP contribution in [-0.4, -0.2) is 109 Å². The predicted octanol–water partition coefficient (Wildman–Crippen LogP) is 4.36. The van der Waals surface area contributed by atoms with Crippen LogP contribution in [0.25, 0.3) is 5.57 Å². The number of piperidine rings is 2. The van der Waals surface area contributed by atoms with E-state index in [1.165, 1.54) is 0 Å². The van der Waals surface area contributed by atoms with Gasteiger partial charge < -0.3 is 29.9 Å². The van der Waals surface area contributed by atoms with E-state index < -0.39 is 6.43 Å². The first kappa shape index (κ1) is 35.9. The Kier molecular flexibility index (Phi) is 11.4. The number of fused-ring (bicyclic) bond motifs is 1. The van der Waals surface area contributed by atoms with Crippen molar-refractivity contribution in [3.05, 3.63) is 46.3 Å². The second kappa shape index (κ2) is 15.9. The number of amidine groups is 1. The lowest BCUT2D eigenvalue weighted by atomic mass is 9.91. The summed E-state index contributed by atoms with van der Waals surface area (Å²) < 4.78 is 29.0. The Morgan fingerprint density at radius 3 is 2.48 bits per heavy atom. The molecule has 5 aliphatic rings. The number of amides is 2. The minimum Gasteiger partial charge on any atom is -0.385 e. The molecule has 270 valence electrons. The summed E-state index contributed by atoms with van der Waals surface area (Å²) in [5.74, 6) is 3.67. The van der Waals surface area contributed by atoms with Gasteiger partial charge in [0.05, 0.1) is 6.54 Å². The zero-order valence-corrected chi connectivity index (χ0v) is 29.6. The molecule has 0 aromatic heterocycles. The Labute approximate surface area is 295 Å². The minimum atomic E-state index is -2.66. The lowest BCUT2D eigenvalue weighted by Crippen LogP contribution is -2.48. The highest BCUT2D eigenvalue weighted by Gasteiger charge is 2.33. The van der Waals surface area contributed by atoms with E-state index in [9.17, 15) is 23.8 Å². The molecule has 0 saturated carbocycles. The molecule has 50 heavy (non-hydrogen) atoms. The van der Waals surface area contributed by atoms with Crippen molar-refractivity contribution in [3.8, 4) is 12.3 Å². The first-order valence-corrected chi connectivity index (χ1v) is 18.3. The van der Waals surface area contributed by atoms with Gasteiger partial charge in [0.15, 0.2) is 0 Å². The maximum Gasteiger partial charge on any atom is 0.264 e. The smallest absolute Gasteiger partial charge is 0.264 e. The number of hydrazine groups is 1. The molecule has 3 N–H and O–H groups in total. The number of aryl methyl sites for hydroxylation is 1. The van der Waals surface area contributed by atoms with Crippen molar-refractivity contribution in [1.29, 1.82) is 5.41 Å². The molecular formula is C38H52F2N8O2. The first-order valence-electron chi connectivity index (χ1n) is 18.3. The fourth-order valence-corrected chi connectivity index (χ4v) is 8.07. The van der Waals surface area contributed by atoms with Crippen LogP contribution in [0.2, 0.25) is 0 Å². The van der Waals surface area contributed by atoms with Crippen LogP contribution in [0.3, 0.4) is 0 Å². The fraction of sp³-hybridized carbons (Fsp3) is 0.605. The van der Waals surface area contributed by atoms with E-state index in [0.29, 0.717) is 69.3 Å². The fourth-order valence-electron chi connectivity index (χ4n) is 8.07. The third-order valence-corrected chi connectivity index (χ3v) is 11.1. The van der Waals surface area contributed by atoms with Gasteiger partial charge in [-0.2, -0.15) is 0 Å². The average Bonchev–Trinajstić information content (AvgIpc) is 3.57. The van der Waals surface area contributed by atoms with E-state index in [2.05, 4.69) is 21.6 Å². The molecule has 1 aromatic rings. The molecule has 0 unspecified atom stereocenters. The Balaban J connectivity index is 1.12. The van der Waals surface area contributed by atoms with Gasteiger partial charge in [0.25, 0.3) is 6.43 Å². The Hall–Kier alpha value is -3.95. The van der Waals surface area contributed by atoms with Gasteiger partial charge in [-0.25, -0.2) is 14.2 Å². The SMILES string of the molecule is C#CC1CCN(CCCC(=O)N2CCC(NC3=C(C(=N)N4CCCc5cc(C6=CN(C)NC6)c(C(F)F)cc54)CN(C(C)=O)CC3)CC2)CC1. The van der Waals surface area contributed by atoms with Crippen LogP contribution in [0, 0.1) is 23.7 Å². The Bertz CT molecular complexity index is 1550. The summed E-state index contributed by atoms with van der Waals surface area (Å²) in [5.41, 5.74) is 7.76. The van der Waals surface area contributed by atoms with Gasteiger partial charge in [-0.05, 0) is 93.4 Å². The predicted molar refractivity (Wildman–Crippen MR) is 192 cm³/mol. The van der Waals surface area contributed by atoms with Crippen LogP contribution in [0.5, 0.6) is 0 Å². The number of nitrogens with zero attached hydrogens (tertiary/aromatic N) is 5. The van der Waals surface area contributed by atoms with E-state index in [1.807, 2.05) is 29.1 Å². The molecule has 6 rings (SSSR count). The normalized spacial score (nSPS) is 21.0. The van der Waals surface area contributed by atoms with Crippen molar-refractivity contribution in [3.63, 3.8) is 0 Å². The Morgan fingerprint density at radius 2 is 1.82 bits per heavy atom. The van der Waals surface area contributed by atoms with Crippen LogP contribution >= 0.6 is 0 Å². The number of carbonyl (C=O) groups is 2. The van der Waals surface area contributed by atoms with Crippen molar-refractivity contribution >= 4 is 28.9 Å². The summed E-state index contributed by atoms with van der Waals surface area (Å²) in [6.45, 7) is 7.74. The summed E-state index contributed by atoms with van der Waals surface area (Å²) in [4.78, 5) is 33.6. The number of nitrogens with one attached hydrogen (secondary N) is 3. The highest BCUT2D eigenvalue weighted by atomic mass is 19.3. The average molecular weight is 691 g/mol. The quantitative estimate of drug-likeness (QED) is 0.201. The van der Waals surface area contributed by atoms with Crippen LogP contribution in [0.15, 0.2) is 29.6 Å². The van der Waals surface area contributed by atoms with E-state index in [-0.39, 0.29) is 29.3 Å². The largest absolute Gasteiger partial charge is 0.385 e. The number of alkyl halides is 2. The van der Waals surface area contributed by atoms with E-state index >= 15 is 0 Å². The van der Waals surface area contributed by atoms with E-state index in [0.717, 1.165) is 87.0 Å². The maximum atomic E-state index is 14.5. The van der Waals surface area contributed by atoms with Crippen LogP contribution in [0.1, 0.15) is 81.4 Å². The van der Waals surface area contributed by atoms with E-state index in [1.54, 1.807) is 22.9 Å². The molecule has 2 amide bonds. The summed E-state index contributed by atoms with van der Waals surface area (Å²) in [6.07, 6.45) is 12.0. The number of halogens is 2. The molecule has 1 aromatic carbocycles. The number of carbonyl (C=O) groups excluding carboxylic acids is 2. The van der Waals surface area contributed by atoms with Gasteiger partial charge in [0.1, 0.15) is 5.84 Å². The van der Waals surface area contributed by atoms with Gasteiger partial charge in [-0.1, -0.05) is 0 Å². The summed E-state index contributed by atoms with van der Waals surface area (Å²) >= 11 is 0. The molecule has 0 atom stereocenters. The third kappa shape index (κ3) is 8.16. The second-order valence-electron chi connectivity index (χ2n) is 14.4. The standard InChI is InChI=1S/C38H52F2N8O2/c1-4-27-9-16-45(17-10-27)14-6-8-36(50)46-18-11-30(12-19-46)43-34-13-20-47(26(2)49)25-33(34)38(41)48-15-5-7-28-21-31(29-23-42-44(3)24-29)32(37(39)40)22-35(28)48/h1,21-22,24,27,30,37,41-43H,5-20,23,25H2,2-3H3. The van der Waals surface area contributed by atoms with Crippen LogP contribution in [0.4, 0.5) is 14.5 Å². The molecule has 0 spiro atoms. The zero-order chi connectivity index (χ0) is 35.4. The molecule has 0 radical (unpaired) electrons. The summed E-state index contributed by atoms with van der Waals surface area (Å²) in [5, 5.41) is 15.0. The van der Waals surface area contributed by atoms with Crippen molar-refractivity contribution in [2.45, 2.75) is 77.2 Å². The summed E-state index contributed by atoms with van der Waals surface area (Å²) in [6, 6.07) is 3.61. The molecule has 5 aliphatic heterocycles. The molecule has 12 heteroatoms. The van der Waals surface area contributed by atoms with Crippen molar-refractivity contribution in [2.75, 3.05) is 70.9 Å². The van der Waals surface area contributed by atoms with Gasteiger partial charge in [-0.3, -0.25) is 15.0 Å². The van der Waals surface area contributed by atoms with E-state index in [4.69, 9.17) is 6.42 Å². The third-order valence-electron chi connectivity index (χ3n) is 11.1. The number of terminal acetylenes is 1. The molecule has 2 fully saturated rings. The number of hydrogen-bond donors (Lipinski definition) is 3. The number of rotatable bonds is 9. The molecule has 5 heterocycles. The van der Waals surface area contributed by atoms with Crippen LogP contribution < -0.4 is 15.6 Å². The first-order chi connectivity index (χ1) is 24.1. The van der Waals surface area contributed by atoms with Gasteiger partial charge in [-0.15, -0.1) is 12.3 Å². The molecule has 10 nitrogen and oxygen atoms in total. The number of benzene rings is 1.